The lowest BCUT2D eigenvalue weighted by Crippen LogP contribution is -2.28. The summed E-state index contributed by atoms with van der Waals surface area (Å²) in [5, 5.41) is 2.43. The van der Waals surface area contributed by atoms with E-state index >= 15 is 0 Å². The first kappa shape index (κ1) is 11.1. The minimum absolute atomic E-state index is 1.03. The highest BCUT2D eigenvalue weighted by atomic mass is 15.1. The van der Waals surface area contributed by atoms with E-state index in [1.807, 2.05) is 0 Å². The van der Waals surface area contributed by atoms with Crippen LogP contribution in [0.2, 0.25) is 0 Å². The molecule has 0 saturated carbocycles. The normalized spacial score (nSPS) is 17.9. The molecule has 0 bridgehead atoms. The van der Waals surface area contributed by atoms with Gasteiger partial charge < -0.3 is 4.90 Å². The van der Waals surface area contributed by atoms with Crippen molar-refractivity contribution in [3.05, 3.63) is 82.1 Å². The summed E-state index contributed by atoms with van der Waals surface area (Å²) in [5.41, 5.74) is 6.42. The van der Waals surface area contributed by atoms with Crippen LogP contribution in [0.3, 0.4) is 0 Å². The zero-order valence-corrected chi connectivity index (χ0v) is 11.6. The molecule has 0 aliphatic carbocycles. The smallest absolute Gasteiger partial charge is 0.0919 e. The van der Waals surface area contributed by atoms with E-state index in [2.05, 4.69) is 65.7 Å². The van der Waals surface area contributed by atoms with E-state index in [-0.39, 0.29) is 0 Å². The predicted octanol–water partition coefficient (Wildman–Crippen LogP) is 2.53. The number of benzene rings is 2. The molecule has 0 fully saturated rings. The van der Waals surface area contributed by atoms with Crippen LogP contribution in [0.15, 0.2) is 65.4 Å². The van der Waals surface area contributed by atoms with Crippen LogP contribution >= 0.6 is 0 Å². The molecule has 5 rings (SSSR count). The number of para-hydroxylation sites is 1. The zero-order chi connectivity index (χ0) is 13.8. The Morgan fingerprint density at radius 1 is 0.952 bits per heavy atom. The molecule has 3 heterocycles. The molecule has 2 nitrogen and oxygen atoms in total. The second kappa shape index (κ2) is 3.95. The van der Waals surface area contributed by atoms with Crippen molar-refractivity contribution in [3.63, 3.8) is 0 Å². The van der Waals surface area contributed by atoms with E-state index in [0.29, 0.717) is 0 Å². The molecule has 2 heteroatoms. The minimum atomic E-state index is 1.03. The Hall–Kier alpha value is -2.61. The summed E-state index contributed by atoms with van der Waals surface area (Å²) < 4.78 is 0. The van der Waals surface area contributed by atoms with Gasteiger partial charge in [0.1, 0.15) is 0 Å². The van der Waals surface area contributed by atoms with E-state index in [1.54, 1.807) is 0 Å². The van der Waals surface area contributed by atoms with Crippen molar-refractivity contribution in [2.45, 2.75) is 6.42 Å². The first-order valence-electron chi connectivity index (χ1n) is 7.38. The maximum atomic E-state index is 4.92. The molecule has 2 aromatic rings. The molecule has 21 heavy (non-hydrogen) atoms. The van der Waals surface area contributed by atoms with Gasteiger partial charge in [-0.15, -0.1) is 0 Å². The summed E-state index contributed by atoms with van der Waals surface area (Å²) in [6.07, 6.45) is 5.46. The lowest BCUT2D eigenvalue weighted by Gasteiger charge is -2.33. The predicted molar refractivity (Wildman–Crippen MR) is 84.4 cm³/mol. The fourth-order valence-corrected chi connectivity index (χ4v) is 3.53. The van der Waals surface area contributed by atoms with Gasteiger partial charge >= 0.3 is 0 Å². The summed E-state index contributed by atoms with van der Waals surface area (Å²) in [7, 11) is 0. The molecule has 0 aromatic heterocycles. The number of hydrogen-bond acceptors (Lipinski definition) is 2. The molecule has 0 atom stereocenters. The standard InChI is InChI=1S/C19H14N2/c1-2-6-14-13(5-1)9-11-21-12-10-16-15-7-3-4-8-17(15)20-18(16)19(14)21/h1-9,11H,10,12H2. The number of allylic oxidation sites excluding steroid dienone is 1. The highest BCUT2D eigenvalue weighted by molar-refractivity contribution is 5.89. The SMILES string of the molecule is C1=CN2CCC3=c4ccccc4=NC3=C2c2ccccc21. The Labute approximate surface area is 123 Å². The monoisotopic (exact) mass is 270 g/mol. The van der Waals surface area contributed by atoms with Crippen LogP contribution in [0.4, 0.5) is 0 Å². The zero-order valence-electron chi connectivity index (χ0n) is 11.6. The lowest BCUT2D eigenvalue weighted by molar-refractivity contribution is 0.526. The molecular formula is C19H14N2. The van der Waals surface area contributed by atoms with Crippen LogP contribution < -0.4 is 10.6 Å². The maximum Gasteiger partial charge on any atom is 0.0919 e. The van der Waals surface area contributed by atoms with Crippen molar-refractivity contribution in [1.82, 2.24) is 4.90 Å². The highest BCUT2D eigenvalue weighted by Gasteiger charge is 2.29. The lowest BCUT2D eigenvalue weighted by atomic mass is 9.92. The van der Waals surface area contributed by atoms with Crippen LogP contribution in [0.1, 0.15) is 17.5 Å². The van der Waals surface area contributed by atoms with Gasteiger partial charge in [0.25, 0.3) is 0 Å². The van der Waals surface area contributed by atoms with Crippen LogP contribution in [-0.4, -0.2) is 11.4 Å². The van der Waals surface area contributed by atoms with Crippen LogP contribution in [-0.2, 0) is 0 Å². The number of rotatable bonds is 0. The van der Waals surface area contributed by atoms with E-state index < -0.39 is 0 Å². The topological polar surface area (TPSA) is 15.6 Å². The molecule has 3 aliphatic heterocycles. The minimum Gasteiger partial charge on any atom is -0.345 e. The summed E-state index contributed by atoms with van der Waals surface area (Å²) in [6, 6.07) is 17.1. The number of nitrogens with zero attached hydrogens (tertiary/aromatic N) is 2. The fraction of sp³-hybridized carbons (Fsp3) is 0.105. The average Bonchev–Trinajstić information content (AvgIpc) is 2.93. The Morgan fingerprint density at radius 3 is 2.81 bits per heavy atom. The van der Waals surface area contributed by atoms with E-state index in [4.69, 9.17) is 4.99 Å². The fourth-order valence-electron chi connectivity index (χ4n) is 3.53. The van der Waals surface area contributed by atoms with Gasteiger partial charge in [-0.05, 0) is 29.7 Å². The number of hydrogen-bond donors (Lipinski definition) is 0. The van der Waals surface area contributed by atoms with Gasteiger partial charge in [0.15, 0.2) is 0 Å². The second-order valence-corrected chi connectivity index (χ2v) is 5.65. The van der Waals surface area contributed by atoms with Crippen LogP contribution in [0.5, 0.6) is 0 Å². The van der Waals surface area contributed by atoms with Crippen molar-refractivity contribution in [1.29, 1.82) is 0 Å². The third kappa shape index (κ3) is 1.44. The largest absolute Gasteiger partial charge is 0.345 e. The highest BCUT2D eigenvalue weighted by Crippen LogP contribution is 2.39. The summed E-state index contributed by atoms with van der Waals surface area (Å²) >= 11 is 0. The Balaban J connectivity index is 1.89. The molecule has 2 aromatic carbocycles. The average molecular weight is 270 g/mol. The van der Waals surface area contributed by atoms with E-state index in [9.17, 15) is 0 Å². The van der Waals surface area contributed by atoms with Gasteiger partial charge in [-0.25, -0.2) is 4.99 Å². The molecular weight excluding hydrogens is 256 g/mol. The first-order valence-corrected chi connectivity index (χ1v) is 7.38. The van der Waals surface area contributed by atoms with Gasteiger partial charge in [-0.2, -0.15) is 0 Å². The van der Waals surface area contributed by atoms with Crippen LogP contribution in [0, 0.1) is 0 Å². The molecule has 0 saturated heterocycles. The molecule has 0 amide bonds. The van der Waals surface area contributed by atoms with Gasteiger partial charge in [-0.1, -0.05) is 42.5 Å². The quantitative estimate of drug-likeness (QED) is 0.718. The first-order chi connectivity index (χ1) is 10.4. The molecule has 0 N–H and O–H groups in total. The van der Waals surface area contributed by atoms with E-state index in [0.717, 1.165) is 18.3 Å². The van der Waals surface area contributed by atoms with Gasteiger partial charge in [0, 0.05) is 23.5 Å². The van der Waals surface area contributed by atoms with Crippen molar-refractivity contribution < 1.29 is 0 Å². The van der Waals surface area contributed by atoms with Crippen LogP contribution in [0.25, 0.3) is 17.3 Å². The summed E-state index contributed by atoms with van der Waals surface area (Å²) in [5.74, 6) is 0. The van der Waals surface area contributed by atoms with E-state index in [1.165, 1.54) is 33.3 Å². The third-order valence-electron chi connectivity index (χ3n) is 4.51. The van der Waals surface area contributed by atoms with Gasteiger partial charge in [0.05, 0.1) is 16.8 Å². The van der Waals surface area contributed by atoms with Crippen molar-refractivity contribution >= 4 is 17.3 Å². The van der Waals surface area contributed by atoms with Crippen molar-refractivity contribution in [3.8, 4) is 0 Å². The second-order valence-electron chi connectivity index (χ2n) is 5.65. The Morgan fingerprint density at radius 2 is 1.81 bits per heavy atom. The summed E-state index contributed by atoms with van der Waals surface area (Å²) in [4.78, 5) is 7.27. The third-order valence-corrected chi connectivity index (χ3v) is 4.51. The molecule has 0 radical (unpaired) electrons. The van der Waals surface area contributed by atoms with Gasteiger partial charge in [-0.3, -0.25) is 0 Å². The Kier molecular flexibility index (Phi) is 2.09. The number of fused-ring (bicyclic) bond motifs is 5. The Bertz CT molecular complexity index is 948. The molecule has 0 spiro atoms. The molecule has 0 unspecified atom stereocenters. The molecule has 100 valence electrons. The molecule has 3 aliphatic rings. The maximum absolute atomic E-state index is 4.92. The van der Waals surface area contributed by atoms with Crippen molar-refractivity contribution in [2.75, 3.05) is 6.54 Å². The van der Waals surface area contributed by atoms with Gasteiger partial charge in [0.2, 0.25) is 0 Å². The van der Waals surface area contributed by atoms with Crippen molar-refractivity contribution in [2.24, 2.45) is 4.99 Å². The summed E-state index contributed by atoms with van der Waals surface area (Å²) in [6.45, 7) is 1.03.